The van der Waals surface area contributed by atoms with Crippen molar-refractivity contribution in [2.45, 2.75) is 30.9 Å². The van der Waals surface area contributed by atoms with Gasteiger partial charge in [0.15, 0.2) is 11.8 Å². The number of carbonyl (C=O) groups is 2. The van der Waals surface area contributed by atoms with Gasteiger partial charge in [-0.3, -0.25) is 14.7 Å². The van der Waals surface area contributed by atoms with Crippen molar-refractivity contribution in [1.82, 2.24) is 14.5 Å². The molecule has 0 atom stereocenters. The molecule has 204 valence electrons. The van der Waals surface area contributed by atoms with E-state index in [0.717, 1.165) is 0 Å². The zero-order valence-electron chi connectivity index (χ0n) is 21.1. The van der Waals surface area contributed by atoms with Crippen LogP contribution >= 0.6 is 11.8 Å². The van der Waals surface area contributed by atoms with Crippen molar-refractivity contribution >= 4 is 40.5 Å². The molecule has 0 aliphatic carbocycles. The predicted octanol–water partition coefficient (Wildman–Crippen LogP) is 6.01. The minimum absolute atomic E-state index is 0.00109. The van der Waals surface area contributed by atoms with E-state index in [9.17, 15) is 22.8 Å². The number of carbonyl (C=O) groups excluding carboxylic acids is 2. The lowest BCUT2D eigenvalue weighted by Gasteiger charge is -2.24. The summed E-state index contributed by atoms with van der Waals surface area (Å²) in [6.07, 6.45) is -3.08. The van der Waals surface area contributed by atoms with Crippen molar-refractivity contribution in [2.24, 2.45) is 0 Å². The molecule has 0 fully saturated rings. The number of fused-ring (bicyclic) bond motifs is 1. The fourth-order valence-corrected chi connectivity index (χ4v) is 4.81. The van der Waals surface area contributed by atoms with Crippen LogP contribution in [0.5, 0.6) is 5.75 Å². The number of amides is 1. The molecule has 0 unspecified atom stereocenters. The van der Waals surface area contributed by atoms with E-state index in [-0.39, 0.29) is 24.7 Å². The monoisotopic (exact) mass is 558 g/mol. The number of ether oxygens (including phenoxy) is 2. The summed E-state index contributed by atoms with van der Waals surface area (Å²) in [5.74, 6) is -0.142. The van der Waals surface area contributed by atoms with Crippen LogP contribution < -0.4 is 9.64 Å². The number of para-hydroxylation sites is 3. The molecule has 2 heterocycles. The van der Waals surface area contributed by atoms with Gasteiger partial charge in [0.1, 0.15) is 12.4 Å². The van der Waals surface area contributed by atoms with Crippen LogP contribution in [0.25, 0.3) is 11.0 Å². The van der Waals surface area contributed by atoms with Crippen molar-refractivity contribution < 1.29 is 32.2 Å². The average Bonchev–Trinajstić information content (AvgIpc) is 3.28. The van der Waals surface area contributed by atoms with Gasteiger partial charge < -0.3 is 9.47 Å². The van der Waals surface area contributed by atoms with Crippen molar-refractivity contribution in [3.8, 4) is 5.75 Å². The van der Waals surface area contributed by atoms with Crippen molar-refractivity contribution in [2.75, 3.05) is 24.7 Å². The van der Waals surface area contributed by atoms with Crippen LogP contribution in [-0.4, -0.2) is 52.5 Å². The van der Waals surface area contributed by atoms with E-state index in [1.807, 2.05) is 6.07 Å². The van der Waals surface area contributed by atoms with Gasteiger partial charge in [-0.05, 0) is 37.3 Å². The highest BCUT2D eigenvalue weighted by molar-refractivity contribution is 7.98. The second-order valence-corrected chi connectivity index (χ2v) is 9.34. The lowest BCUT2D eigenvalue weighted by atomic mass is 10.2. The molecule has 39 heavy (non-hydrogen) atoms. The van der Waals surface area contributed by atoms with Crippen molar-refractivity contribution in [3.05, 3.63) is 78.1 Å². The van der Waals surface area contributed by atoms with Crippen LogP contribution in [0.3, 0.4) is 0 Å². The molecule has 1 amide bonds. The number of pyridine rings is 1. The molecule has 0 radical (unpaired) electrons. The Bertz CT molecular complexity index is 1460. The summed E-state index contributed by atoms with van der Waals surface area (Å²) in [6.45, 7) is 1.63. The lowest BCUT2D eigenvalue weighted by molar-refractivity contribution is -0.153. The summed E-state index contributed by atoms with van der Waals surface area (Å²) >= 11 is 1.22. The second kappa shape index (κ2) is 12.2. The third-order valence-electron chi connectivity index (χ3n) is 5.63. The fourth-order valence-electron chi connectivity index (χ4n) is 3.78. The third kappa shape index (κ3) is 7.08. The molecule has 4 aromatic rings. The Hall–Kier alpha value is -4.06. The standard InChI is InChI=1S/C27H25F3N4O4S/c1-18-22(31-13-12-24(18)38-17-27(28,29)30)16-39-25-32-21-10-6-7-11-23(21)34(25)26(36)33(14-15-37-19(2)35)20-8-4-3-5-9-20/h3-13H,14-17H2,1-2H3. The van der Waals surface area contributed by atoms with E-state index in [4.69, 9.17) is 9.47 Å². The van der Waals surface area contributed by atoms with E-state index in [1.165, 1.54) is 40.4 Å². The topological polar surface area (TPSA) is 86.6 Å². The minimum Gasteiger partial charge on any atom is -0.484 e. The highest BCUT2D eigenvalue weighted by Gasteiger charge is 2.29. The van der Waals surface area contributed by atoms with E-state index in [2.05, 4.69) is 9.97 Å². The molecule has 0 saturated heterocycles. The smallest absolute Gasteiger partial charge is 0.422 e. The molecule has 2 aromatic heterocycles. The van der Waals surface area contributed by atoms with E-state index in [1.54, 1.807) is 55.5 Å². The SMILES string of the molecule is CC(=O)OCCN(C(=O)n1c(SCc2nccc(OCC(F)(F)F)c2C)nc2ccccc21)c1ccccc1. The number of hydrogen-bond donors (Lipinski definition) is 0. The van der Waals surface area contributed by atoms with Crippen LogP contribution in [0, 0.1) is 6.92 Å². The van der Waals surface area contributed by atoms with Crippen LogP contribution in [0.4, 0.5) is 23.7 Å². The lowest BCUT2D eigenvalue weighted by Crippen LogP contribution is -2.37. The number of halogens is 3. The van der Waals surface area contributed by atoms with Crippen LogP contribution in [0.1, 0.15) is 18.2 Å². The van der Waals surface area contributed by atoms with Crippen molar-refractivity contribution in [3.63, 3.8) is 0 Å². The number of imidazole rings is 1. The number of aromatic nitrogens is 3. The molecule has 0 saturated carbocycles. The summed E-state index contributed by atoms with van der Waals surface area (Å²) in [6, 6.07) is 17.1. The molecule has 8 nitrogen and oxygen atoms in total. The Labute approximate surface area is 226 Å². The Morgan fingerprint density at radius 2 is 1.77 bits per heavy atom. The third-order valence-corrected chi connectivity index (χ3v) is 6.58. The van der Waals surface area contributed by atoms with Crippen LogP contribution in [-0.2, 0) is 15.3 Å². The van der Waals surface area contributed by atoms with Gasteiger partial charge in [-0.1, -0.05) is 42.1 Å². The first-order chi connectivity index (χ1) is 18.6. The number of anilines is 1. The van der Waals surface area contributed by atoms with Crippen LogP contribution in [0.2, 0.25) is 0 Å². The number of nitrogens with zero attached hydrogens (tertiary/aromatic N) is 4. The molecule has 0 spiro atoms. The van der Waals surface area contributed by atoms with Gasteiger partial charge in [0.25, 0.3) is 0 Å². The highest BCUT2D eigenvalue weighted by Crippen LogP contribution is 2.31. The Morgan fingerprint density at radius 1 is 1.05 bits per heavy atom. The molecule has 12 heteroatoms. The van der Waals surface area contributed by atoms with Gasteiger partial charge in [0.05, 0.1) is 23.3 Å². The summed E-state index contributed by atoms with van der Waals surface area (Å²) in [7, 11) is 0. The first-order valence-corrected chi connectivity index (χ1v) is 12.9. The highest BCUT2D eigenvalue weighted by atomic mass is 32.2. The van der Waals surface area contributed by atoms with Gasteiger partial charge >= 0.3 is 18.2 Å². The predicted molar refractivity (Wildman–Crippen MR) is 141 cm³/mol. The van der Waals surface area contributed by atoms with Crippen LogP contribution in [0.15, 0.2) is 72.0 Å². The van der Waals surface area contributed by atoms with Gasteiger partial charge in [-0.2, -0.15) is 13.2 Å². The molecule has 0 bridgehead atoms. The molecule has 0 aliphatic rings. The maximum absolute atomic E-state index is 14.0. The Kier molecular flexibility index (Phi) is 8.75. The largest absolute Gasteiger partial charge is 0.484 e. The second-order valence-electron chi connectivity index (χ2n) is 8.40. The van der Waals surface area contributed by atoms with Gasteiger partial charge in [0.2, 0.25) is 0 Å². The van der Waals surface area contributed by atoms with E-state index >= 15 is 0 Å². The maximum Gasteiger partial charge on any atom is 0.422 e. The first kappa shape index (κ1) is 28.0. The molecule has 0 aliphatic heterocycles. The van der Waals surface area contributed by atoms with Gasteiger partial charge in [-0.25, -0.2) is 14.3 Å². The number of benzene rings is 2. The van der Waals surface area contributed by atoms with Gasteiger partial charge in [0, 0.05) is 30.1 Å². The Balaban J connectivity index is 1.65. The molecular weight excluding hydrogens is 533 g/mol. The van der Waals surface area contributed by atoms with Crippen molar-refractivity contribution in [1.29, 1.82) is 0 Å². The summed E-state index contributed by atoms with van der Waals surface area (Å²) < 4.78 is 49.5. The summed E-state index contributed by atoms with van der Waals surface area (Å²) in [4.78, 5) is 35.8. The maximum atomic E-state index is 14.0. The minimum atomic E-state index is -4.46. The summed E-state index contributed by atoms with van der Waals surface area (Å²) in [5.41, 5.74) is 2.74. The Morgan fingerprint density at radius 3 is 2.49 bits per heavy atom. The summed E-state index contributed by atoms with van der Waals surface area (Å²) in [5, 5.41) is 0.373. The van der Waals surface area contributed by atoms with Gasteiger partial charge in [-0.15, -0.1) is 0 Å². The molecular formula is C27H25F3N4O4S. The van der Waals surface area contributed by atoms with E-state index in [0.29, 0.717) is 33.1 Å². The number of rotatable bonds is 9. The average molecular weight is 559 g/mol. The number of esters is 1. The zero-order valence-corrected chi connectivity index (χ0v) is 22.0. The molecule has 2 aromatic carbocycles. The normalized spacial score (nSPS) is 11.4. The zero-order chi connectivity index (χ0) is 28.0. The number of thioether (sulfide) groups is 1. The number of hydrogen-bond acceptors (Lipinski definition) is 7. The van der Waals surface area contributed by atoms with E-state index < -0.39 is 24.8 Å². The number of alkyl halides is 3. The first-order valence-electron chi connectivity index (χ1n) is 11.9. The molecule has 4 rings (SSSR count). The fraction of sp³-hybridized carbons (Fsp3) is 0.259. The molecule has 0 N–H and O–H groups in total. The quantitative estimate of drug-likeness (QED) is 0.184.